The summed E-state index contributed by atoms with van der Waals surface area (Å²) in [5.41, 5.74) is 1.94. The van der Waals surface area contributed by atoms with Gasteiger partial charge in [-0.2, -0.15) is 0 Å². The third-order valence-electron chi connectivity index (χ3n) is 4.20. The third-order valence-corrected chi connectivity index (χ3v) is 4.81. The highest BCUT2D eigenvalue weighted by molar-refractivity contribution is 6.31. The van der Waals surface area contributed by atoms with Crippen LogP contribution in [0.2, 0.25) is 10.0 Å². The molecule has 0 saturated carbocycles. The topological polar surface area (TPSA) is 52.6 Å². The Bertz CT molecular complexity index is 922. The van der Waals surface area contributed by atoms with Gasteiger partial charge in [-0.1, -0.05) is 41.4 Å². The van der Waals surface area contributed by atoms with Crippen LogP contribution in [-0.2, 0) is 13.2 Å². The number of rotatable bonds is 11. The maximum atomic E-state index is 6.48. The lowest BCUT2D eigenvalue weighted by Crippen LogP contribution is -2.21. The first-order chi connectivity index (χ1) is 14.7. The minimum absolute atomic E-state index is 0.399. The minimum Gasteiger partial charge on any atom is -0.490 e. The summed E-state index contributed by atoms with van der Waals surface area (Å²) in [5, 5.41) is 4.63. The first-order valence-electron chi connectivity index (χ1n) is 9.72. The highest BCUT2D eigenvalue weighted by Gasteiger charge is 2.11. The van der Waals surface area contributed by atoms with Gasteiger partial charge in [0.25, 0.3) is 0 Å². The summed E-state index contributed by atoms with van der Waals surface area (Å²) in [5.74, 6) is 1.88. The Kier molecular flexibility index (Phi) is 8.63. The number of nitrogens with zero attached hydrogens (tertiary/aromatic N) is 1. The lowest BCUT2D eigenvalue weighted by molar-refractivity contribution is 0.269. The summed E-state index contributed by atoms with van der Waals surface area (Å²) < 4.78 is 17.3. The van der Waals surface area contributed by atoms with Gasteiger partial charge in [-0.15, -0.1) is 0 Å². The number of pyridine rings is 1. The Morgan fingerprint density at radius 1 is 0.933 bits per heavy atom. The van der Waals surface area contributed by atoms with E-state index in [0.717, 1.165) is 11.1 Å². The first-order valence-corrected chi connectivity index (χ1v) is 10.5. The molecule has 0 atom stereocenters. The van der Waals surface area contributed by atoms with Crippen LogP contribution < -0.4 is 19.5 Å². The maximum Gasteiger partial charge on any atom is 0.213 e. The van der Waals surface area contributed by atoms with Gasteiger partial charge in [-0.3, -0.25) is 0 Å². The first kappa shape index (κ1) is 22.2. The predicted octanol–water partition coefficient (Wildman–Crippen LogP) is 5.53. The lowest BCUT2D eigenvalue weighted by atomic mass is 10.2. The van der Waals surface area contributed by atoms with Crippen LogP contribution in [-0.4, -0.2) is 24.7 Å². The second-order valence-corrected chi connectivity index (χ2v) is 7.28. The molecule has 7 heteroatoms. The molecule has 0 aliphatic rings. The Morgan fingerprint density at radius 2 is 1.73 bits per heavy atom. The molecule has 0 amide bonds. The molecule has 1 N–H and O–H groups in total. The van der Waals surface area contributed by atoms with Gasteiger partial charge in [0.1, 0.15) is 13.2 Å². The summed E-state index contributed by atoms with van der Waals surface area (Å²) in [7, 11) is 0. The summed E-state index contributed by atoms with van der Waals surface area (Å²) in [6.45, 7) is 4.62. The Morgan fingerprint density at radius 3 is 2.47 bits per heavy atom. The minimum atomic E-state index is 0.399. The molecule has 0 fully saturated rings. The molecule has 0 saturated heterocycles. The second-order valence-electron chi connectivity index (χ2n) is 6.43. The third kappa shape index (κ3) is 6.80. The molecule has 3 aromatic rings. The number of halogens is 2. The zero-order valence-corrected chi connectivity index (χ0v) is 18.2. The molecular formula is C23H24Cl2N2O3. The highest BCUT2D eigenvalue weighted by Crippen LogP contribution is 2.34. The van der Waals surface area contributed by atoms with Crippen molar-refractivity contribution in [2.75, 3.05) is 19.8 Å². The standard InChI is InChI=1S/C23H24Cl2N2O3/c1-2-28-21-13-18(15-26-11-12-29-23-5-3-4-10-27-23)20(25)14-22(21)30-16-17-6-8-19(24)9-7-17/h3-10,13-14,26H,2,11-12,15-16H2,1H3. The van der Waals surface area contributed by atoms with Gasteiger partial charge < -0.3 is 19.5 Å². The number of benzene rings is 2. The van der Waals surface area contributed by atoms with E-state index in [4.69, 9.17) is 37.4 Å². The monoisotopic (exact) mass is 446 g/mol. The van der Waals surface area contributed by atoms with E-state index < -0.39 is 0 Å². The SMILES string of the molecule is CCOc1cc(CNCCOc2ccccn2)c(Cl)cc1OCc1ccc(Cl)cc1. The largest absolute Gasteiger partial charge is 0.490 e. The molecule has 0 aliphatic heterocycles. The molecule has 5 nitrogen and oxygen atoms in total. The van der Waals surface area contributed by atoms with Crippen LogP contribution in [0.3, 0.4) is 0 Å². The van der Waals surface area contributed by atoms with Gasteiger partial charge >= 0.3 is 0 Å². The molecule has 0 unspecified atom stereocenters. The Balaban J connectivity index is 1.55. The van der Waals surface area contributed by atoms with E-state index in [1.54, 1.807) is 12.3 Å². The van der Waals surface area contributed by atoms with Gasteiger partial charge in [0.2, 0.25) is 5.88 Å². The maximum absolute atomic E-state index is 6.48. The lowest BCUT2D eigenvalue weighted by Gasteiger charge is -2.15. The van der Waals surface area contributed by atoms with Crippen molar-refractivity contribution in [2.24, 2.45) is 0 Å². The molecule has 2 aromatic carbocycles. The fourth-order valence-corrected chi connectivity index (χ4v) is 3.07. The summed E-state index contributed by atoms with van der Waals surface area (Å²) >= 11 is 12.4. The van der Waals surface area contributed by atoms with E-state index in [9.17, 15) is 0 Å². The van der Waals surface area contributed by atoms with Crippen molar-refractivity contribution < 1.29 is 14.2 Å². The van der Waals surface area contributed by atoms with E-state index in [2.05, 4.69) is 10.3 Å². The molecular weight excluding hydrogens is 423 g/mol. The number of ether oxygens (including phenoxy) is 3. The average Bonchev–Trinajstić information content (AvgIpc) is 2.76. The predicted molar refractivity (Wildman–Crippen MR) is 120 cm³/mol. The number of nitrogens with one attached hydrogen (secondary N) is 1. The van der Waals surface area contributed by atoms with Crippen LogP contribution in [0.5, 0.6) is 17.4 Å². The van der Waals surface area contributed by atoms with E-state index in [1.807, 2.05) is 55.5 Å². The second kappa shape index (κ2) is 11.6. The number of hydrogen-bond acceptors (Lipinski definition) is 5. The Hall–Kier alpha value is -2.47. The summed E-state index contributed by atoms with van der Waals surface area (Å²) in [6.07, 6.45) is 1.70. The normalized spacial score (nSPS) is 10.6. The molecule has 30 heavy (non-hydrogen) atoms. The van der Waals surface area contributed by atoms with E-state index in [-0.39, 0.29) is 0 Å². The van der Waals surface area contributed by atoms with Crippen molar-refractivity contribution in [1.29, 1.82) is 0 Å². The fourth-order valence-electron chi connectivity index (χ4n) is 2.72. The van der Waals surface area contributed by atoms with Crippen molar-refractivity contribution in [1.82, 2.24) is 10.3 Å². The molecule has 0 bridgehead atoms. The summed E-state index contributed by atoms with van der Waals surface area (Å²) in [6, 6.07) is 16.8. The summed E-state index contributed by atoms with van der Waals surface area (Å²) in [4.78, 5) is 4.13. The molecule has 1 heterocycles. The van der Waals surface area contributed by atoms with Crippen LogP contribution in [0, 0.1) is 0 Å². The average molecular weight is 447 g/mol. The zero-order valence-electron chi connectivity index (χ0n) is 16.7. The van der Waals surface area contributed by atoms with Crippen LogP contribution in [0.15, 0.2) is 60.8 Å². The Labute approximate surface area is 186 Å². The van der Waals surface area contributed by atoms with Crippen molar-refractivity contribution in [2.45, 2.75) is 20.1 Å². The molecule has 158 valence electrons. The molecule has 0 spiro atoms. The van der Waals surface area contributed by atoms with Crippen molar-refractivity contribution in [3.63, 3.8) is 0 Å². The van der Waals surface area contributed by atoms with Gasteiger partial charge in [-0.05, 0) is 42.3 Å². The van der Waals surface area contributed by atoms with E-state index in [0.29, 0.717) is 60.3 Å². The smallest absolute Gasteiger partial charge is 0.213 e. The van der Waals surface area contributed by atoms with E-state index in [1.165, 1.54) is 0 Å². The van der Waals surface area contributed by atoms with Crippen molar-refractivity contribution in [3.05, 3.63) is 82.0 Å². The van der Waals surface area contributed by atoms with Crippen molar-refractivity contribution >= 4 is 23.2 Å². The fraction of sp³-hybridized carbons (Fsp3) is 0.261. The molecule has 0 aliphatic carbocycles. The molecule has 1 aromatic heterocycles. The zero-order chi connectivity index (χ0) is 21.2. The van der Waals surface area contributed by atoms with Gasteiger partial charge in [0.15, 0.2) is 11.5 Å². The molecule has 0 radical (unpaired) electrons. The van der Waals surface area contributed by atoms with Crippen molar-refractivity contribution in [3.8, 4) is 17.4 Å². The highest BCUT2D eigenvalue weighted by atomic mass is 35.5. The van der Waals surface area contributed by atoms with Gasteiger partial charge in [0.05, 0.1) is 6.61 Å². The number of aromatic nitrogens is 1. The number of hydrogen-bond donors (Lipinski definition) is 1. The van der Waals surface area contributed by atoms with Gasteiger partial charge in [-0.25, -0.2) is 4.98 Å². The van der Waals surface area contributed by atoms with Crippen LogP contribution in [0.4, 0.5) is 0 Å². The van der Waals surface area contributed by atoms with Crippen LogP contribution >= 0.6 is 23.2 Å². The van der Waals surface area contributed by atoms with E-state index >= 15 is 0 Å². The van der Waals surface area contributed by atoms with Gasteiger partial charge in [0, 0.05) is 41.5 Å². The van der Waals surface area contributed by atoms with Crippen LogP contribution in [0.1, 0.15) is 18.1 Å². The quantitative estimate of drug-likeness (QED) is 0.392. The molecule has 3 rings (SSSR count). The van der Waals surface area contributed by atoms with Crippen LogP contribution in [0.25, 0.3) is 0 Å².